The molecule has 3 aromatic carbocycles. The standard InChI is InChI=1S/C35H38N6O6S/c1-17-12-20-13-23-25(15-36)41-24(28(40(23)4)26(20)30(43)32(17)46-5)14-22-27(31(44)33(47-6)18(2)29(22)42)34(41)38-35(45)19(3)37-16-48-39-21-10-8-7-9-11-21/h7-12,14,16,19,23,25,28,34,39,42-44H,13H2,1-6H3,(H,38,45)/t19?,23-,25-,28-,34+/m0/s1. The number of hydrogen-bond donors (Lipinski definition) is 5. The van der Waals surface area contributed by atoms with Crippen LogP contribution in [-0.2, 0) is 11.2 Å². The van der Waals surface area contributed by atoms with Gasteiger partial charge in [0.25, 0.3) is 0 Å². The van der Waals surface area contributed by atoms with Crippen molar-refractivity contribution in [2.24, 2.45) is 4.99 Å². The summed E-state index contributed by atoms with van der Waals surface area (Å²) in [6, 6.07) is 11.4. The summed E-state index contributed by atoms with van der Waals surface area (Å²) < 4.78 is 14.2. The van der Waals surface area contributed by atoms with Gasteiger partial charge in [0.15, 0.2) is 23.0 Å². The monoisotopic (exact) mass is 670 g/mol. The smallest absolute Gasteiger partial charge is 0.246 e. The molecule has 2 bridgehead atoms. The van der Waals surface area contributed by atoms with Crippen molar-refractivity contribution in [3.63, 3.8) is 0 Å². The van der Waals surface area contributed by atoms with E-state index in [4.69, 9.17) is 9.47 Å². The van der Waals surface area contributed by atoms with E-state index in [0.717, 1.165) is 16.8 Å². The minimum atomic E-state index is -1.10. The molecule has 12 nitrogen and oxygen atoms in total. The van der Waals surface area contributed by atoms with Gasteiger partial charge in [0.2, 0.25) is 5.91 Å². The molecule has 3 aliphatic heterocycles. The number of fused-ring (bicyclic) bond motifs is 7. The van der Waals surface area contributed by atoms with Gasteiger partial charge < -0.3 is 39.7 Å². The van der Waals surface area contributed by atoms with Crippen molar-refractivity contribution in [1.29, 1.82) is 5.26 Å². The first kappa shape index (κ1) is 32.9. The Morgan fingerprint density at radius 3 is 2.46 bits per heavy atom. The van der Waals surface area contributed by atoms with Crippen LogP contribution >= 0.6 is 11.9 Å². The molecule has 0 radical (unpaired) electrons. The van der Waals surface area contributed by atoms with Gasteiger partial charge in [-0.2, -0.15) is 5.26 Å². The topological polar surface area (TPSA) is 163 Å². The van der Waals surface area contributed by atoms with Crippen LogP contribution < -0.4 is 19.5 Å². The van der Waals surface area contributed by atoms with Crippen molar-refractivity contribution in [3.8, 4) is 34.8 Å². The number of rotatable bonds is 8. The lowest BCUT2D eigenvalue weighted by atomic mass is 9.76. The second kappa shape index (κ2) is 12.9. The number of aromatic hydroxyl groups is 3. The molecule has 3 aromatic rings. The number of piperazine rings is 1. The van der Waals surface area contributed by atoms with Gasteiger partial charge >= 0.3 is 0 Å². The van der Waals surface area contributed by atoms with Gasteiger partial charge in [0.1, 0.15) is 24.0 Å². The molecule has 1 amide bonds. The number of aliphatic imine (C=N–C) groups is 1. The zero-order valence-electron chi connectivity index (χ0n) is 27.5. The average molecular weight is 671 g/mol. The third kappa shape index (κ3) is 5.21. The molecule has 0 saturated carbocycles. The number of phenols is 3. The lowest BCUT2D eigenvalue weighted by Crippen LogP contribution is -2.63. The average Bonchev–Trinajstić information content (AvgIpc) is 3.07. The molecular formula is C35H38N6O6S. The van der Waals surface area contributed by atoms with Crippen molar-refractivity contribution < 1.29 is 29.6 Å². The largest absolute Gasteiger partial charge is 0.507 e. The molecule has 5 N–H and O–H groups in total. The summed E-state index contributed by atoms with van der Waals surface area (Å²) in [6.07, 6.45) is 1.06. The summed E-state index contributed by atoms with van der Waals surface area (Å²) in [4.78, 5) is 22.0. The Kier molecular flexibility index (Phi) is 8.80. The third-order valence-electron chi connectivity index (χ3n) is 9.48. The molecule has 3 aliphatic rings. The number of benzene rings is 3. The Morgan fingerprint density at radius 1 is 1.10 bits per heavy atom. The molecule has 13 heteroatoms. The van der Waals surface area contributed by atoms with Crippen molar-refractivity contribution >= 4 is 35.2 Å². The van der Waals surface area contributed by atoms with Gasteiger partial charge in [0, 0.05) is 34.1 Å². The number of nitrogens with one attached hydrogen (secondary N) is 2. The highest BCUT2D eigenvalue weighted by Gasteiger charge is 2.53. The summed E-state index contributed by atoms with van der Waals surface area (Å²) in [6.45, 7) is 5.13. The van der Waals surface area contributed by atoms with E-state index in [-0.39, 0.29) is 40.2 Å². The van der Waals surface area contributed by atoms with E-state index in [2.05, 4.69) is 21.1 Å². The number of amides is 1. The lowest BCUT2D eigenvalue weighted by Gasteiger charge is -2.57. The maximum atomic E-state index is 13.8. The third-order valence-corrected chi connectivity index (χ3v) is 10.1. The fraction of sp³-hybridized carbons (Fsp3) is 0.343. The highest BCUT2D eigenvalue weighted by atomic mass is 32.2. The van der Waals surface area contributed by atoms with E-state index in [1.54, 1.807) is 30.4 Å². The summed E-state index contributed by atoms with van der Waals surface area (Å²) in [5.74, 6) is -0.466. The van der Waals surface area contributed by atoms with Crippen molar-refractivity contribution in [2.45, 2.75) is 57.5 Å². The quantitative estimate of drug-likeness (QED) is 0.0960. The number of phenolic OH excluding ortho intramolecular Hbond substituents is 3. The van der Waals surface area contributed by atoms with Crippen LogP contribution in [0, 0.1) is 25.2 Å². The number of ether oxygens (including phenoxy) is 2. The molecule has 1 fully saturated rings. The zero-order valence-corrected chi connectivity index (χ0v) is 28.3. The second-order valence-electron chi connectivity index (χ2n) is 12.1. The van der Waals surface area contributed by atoms with Crippen LogP contribution in [-0.4, -0.2) is 76.0 Å². The van der Waals surface area contributed by atoms with E-state index in [1.807, 2.05) is 55.3 Å². The maximum Gasteiger partial charge on any atom is 0.246 e. The van der Waals surface area contributed by atoms with Crippen LogP contribution in [0.3, 0.4) is 0 Å². The van der Waals surface area contributed by atoms with Gasteiger partial charge in [0.05, 0.1) is 37.4 Å². The summed E-state index contributed by atoms with van der Waals surface area (Å²) in [5, 5.41) is 48.4. The van der Waals surface area contributed by atoms with Gasteiger partial charge in [-0.05, 0) is 75.5 Å². The lowest BCUT2D eigenvalue weighted by molar-refractivity contribution is -0.124. The van der Waals surface area contributed by atoms with E-state index in [0.29, 0.717) is 29.0 Å². The number of nitrogens with zero attached hydrogens (tertiary/aromatic N) is 4. The van der Waals surface area contributed by atoms with Gasteiger partial charge in [-0.1, -0.05) is 24.3 Å². The van der Waals surface area contributed by atoms with Crippen molar-refractivity contribution in [1.82, 2.24) is 15.1 Å². The number of carbonyl (C=O) groups is 1. The Labute approximate surface area is 283 Å². The number of carbonyl (C=O) groups excluding carboxylic acids is 1. The van der Waals surface area contributed by atoms with Crippen molar-refractivity contribution in [3.05, 3.63) is 75.5 Å². The Bertz CT molecular complexity index is 1880. The summed E-state index contributed by atoms with van der Waals surface area (Å²) in [7, 11) is 4.78. The fourth-order valence-electron chi connectivity index (χ4n) is 7.16. The van der Waals surface area contributed by atoms with Gasteiger partial charge in [-0.3, -0.25) is 14.7 Å². The molecule has 6 rings (SSSR count). The first-order valence-corrected chi connectivity index (χ1v) is 16.3. The molecule has 0 spiro atoms. The highest BCUT2D eigenvalue weighted by molar-refractivity contribution is 8.13. The molecule has 1 unspecified atom stereocenters. The second-order valence-corrected chi connectivity index (χ2v) is 12.8. The molecule has 48 heavy (non-hydrogen) atoms. The minimum Gasteiger partial charge on any atom is -0.507 e. The van der Waals surface area contributed by atoms with Gasteiger partial charge in [-0.25, -0.2) is 0 Å². The number of para-hydroxylation sites is 1. The maximum absolute atomic E-state index is 13.8. The van der Waals surface area contributed by atoms with Crippen LogP contribution in [0.2, 0.25) is 0 Å². The van der Waals surface area contributed by atoms with Crippen LogP contribution in [0.15, 0.2) is 47.1 Å². The molecule has 5 atom stereocenters. The number of nitriles is 1. The number of hydrogen-bond acceptors (Lipinski definition) is 12. The van der Waals surface area contributed by atoms with E-state index >= 15 is 0 Å². The first-order chi connectivity index (χ1) is 23.0. The molecular weight excluding hydrogens is 632 g/mol. The number of methoxy groups -OCH3 is 2. The van der Waals surface area contributed by atoms with Crippen molar-refractivity contribution in [2.75, 3.05) is 26.0 Å². The van der Waals surface area contributed by atoms with Crippen LogP contribution in [0.5, 0.6) is 28.7 Å². The molecule has 0 aliphatic carbocycles. The highest BCUT2D eigenvalue weighted by Crippen LogP contribution is 2.57. The number of likely N-dealkylation sites (N-methyl/N-ethyl adjacent to an activating group) is 1. The molecule has 0 aromatic heterocycles. The Morgan fingerprint density at radius 2 is 1.79 bits per heavy atom. The van der Waals surface area contributed by atoms with Gasteiger partial charge in [-0.15, -0.1) is 0 Å². The van der Waals surface area contributed by atoms with E-state index in [1.165, 1.54) is 26.2 Å². The Balaban J connectivity index is 1.46. The summed E-state index contributed by atoms with van der Waals surface area (Å²) >= 11 is 1.22. The minimum absolute atomic E-state index is 0.00649. The summed E-state index contributed by atoms with van der Waals surface area (Å²) in [5.41, 5.74) is 6.03. The fourth-order valence-corrected chi connectivity index (χ4v) is 7.73. The number of anilines is 1. The normalized spacial score (nSPS) is 21.7. The number of aryl methyl sites for hydroxylation is 1. The van der Waals surface area contributed by atoms with Crippen LogP contribution in [0.1, 0.15) is 52.5 Å². The predicted octanol–water partition coefficient (Wildman–Crippen LogP) is 4.89. The first-order valence-electron chi connectivity index (χ1n) is 15.5. The molecule has 3 heterocycles. The predicted molar refractivity (Wildman–Crippen MR) is 184 cm³/mol. The zero-order chi connectivity index (χ0) is 34.4. The van der Waals surface area contributed by atoms with E-state index < -0.39 is 30.2 Å². The van der Waals surface area contributed by atoms with Crippen LogP contribution in [0.25, 0.3) is 6.08 Å². The van der Waals surface area contributed by atoms with Crippen LogP contribution in [0.4, 0.5) is 5.69 Å². The molecule has 250 valence electrons. The SMILES string of the molecule is COc1c(C)cc2c(c1O)[C@@H]1C3=Cc4c(O)c(C)c(OC)c(O)c4[C@H](NC(=O)C(C)N=CSNc4ccccc4)N3[C@@H](C#N)[C@H](C2)N1C. The Hall–Kier alpha value is -5.06. The molecule has 1 saturated heterocycles. The van der Waals surface area contributed by atoms with E-state index in [9.17, 15) is 25.4 Å².